The molecule has 0 saturated heterocycles. The van der Waals surface area contributed by atoms with Crippen LogP contribution in [0.4, 0.5) is 0 Å². The monoisotopic (exact) mass is 184 g/mol. The lowest BCUT2D eigenvalue weighted by atomic mass is 10.6. The number of hydrogen-bond acceptors (Lipinski definition) is 3. The normalized spacial score (nSPS) is 11.1. The number of rotatable bonds is 1. The lowest BCUT2D eigenvalue weighted by molar-refractivity contribution is 1.15. The smallest absolute Gasteiger partial charge is 0.133 e. The standard InChI is InChI=1S/C7H8N2S2/c1-5-3-9-4-8-6(10-2)7(9)11-5/h3-4H,1-2H3. The van der Waals surface area contributed by atoms with E-state index in [1.165, 1.54) is 9.71 Å². The van der Waals surface area contributed by atoms with Crippen molar-refractivity contribution in [2.75, 3.05) is 6.26 Å². The van der Waals surface area contributed by atoms with Gasteiger partial charge in [0.15, 0.2) is 0 Å². The summed E-state index contributed by atoms with van der Waals surface area (Å²) in [5.41, 5.74) is 0. The molecule has 58 valence electrons. The molecule has 0 aromatic carbocycles. The van der Waals surface area contributed by atoms with E-state index >= 15 is 0 Å². The zero-order valence-electron chi connectivity index (χ0n) is 6.37. The van der Waals surface area contributed by atoms with Gasteiger partial charge in [-0.15, -0.1) is 23.1 Å². The first-order valence-corrected chi connectivity index (χ1v) is 5.32. The Balaban J connectivity index is 2.73. The molecule has 0 N–H and O–H groups in total. The topological polar surface area (TPSA) is 17.3 Å². The molecule has 2 aromatic rings. The van der Waals surface area contributed by atoms with Crippen molar-refractivity contribution in [2.24, 2.45) is 0 Å². The summed E-state index contributed by atoms with van der Waals surface area (Å²) in [4.78, 5) is 6.84. The van der Waals surface area contributed by atoms with Crippen molar-refractivity contribution in [1.82, 2.24) is 9.38 Å². The Labute approximate surface area is 73.3 Å². The average molecular weight is 184 g/mol. The number of hydrogen-bond donors (Lipinski definition) is 0. The molecule has 0 atom stereocenters. The zero-order chi connectivity index (χ0) is 7.84. The molecule has 0 spiro atoms. The van der Waals surface area contributed by atoms with Crippen LogP contribution in [0.5, 0.6) is 0 Å². The maximum atomic E-state index is 4.25. The minimum absolute atomic E-state index is 1.13. The van der Waals surface area contributed by atoms with Crippen molar-refractivity contribution in [3.63, 3.8) is 0 Å². The lowest BCUT2D eigenvalue weighted by Crippen LogP contribution is -1.68. The molecule has 0 aliphatic rings. The fourth-order valence-electron chi connectivity index (χ4n) is 1.04. The third-order valence-electron chi connectivity index (χ3n) is 1.49. The fraction of sp³-hybridized carbons (Fsp3) is 0.286. The minimum Gasteiger partial charge on any atom is -0.296 e. The molecule has 2 nitrogen and oxygen atoms in total. The van der Waals surface area contributed by atoms with E-state index in [0.29, 0.717) is 0 Å². The molecule has 11 heavy (non-hydrogen) atoms. The molecular weight excluding hydrogens is 176 g/mol. The average Bonchev–Trinajstić information content (AvgIpc) is 2.45. The molecule has 0 radical (unpaired) electrons. The fourth-order valence-corrected chi connectivity index (χ4v) is 2.66. The highest BCUT2D eigenvalue weighted by Crippen LogP contribution is 2.25. The van der Waals surface area contributed by atoms with Crippen LogP contribution in [-0.2, 0) is 0 Å². The van der Waals surface area contributed by atoms with Gasteiger partial charge in [-0.1, -0.05) is 0 Å². The molecule has 2 aromatic heterocycles. The molecular formula is C7H8N2S2. The summed E-state index contributed by atoms with van der Waals surface area (Å²) in [6.45, 7) is 2.11. The van der Waals surface area contributed by atoms with E-state index in [-0.39, 0.29) is 0 Å². The van der Waals surface area contributed by atoms with Crippen molar-refractivity contribution in [3.8, 4) is 0 Å². The first-order valence-electron chi connectivity index (χ1n) is 3.28. The van der Waals surface area contributed by atoms with Crippen LogP contribution in [0.3, 0.4) is 0 Å². The van der Waals surface area contributed by atoms with Gasteiger partial charge < -0.3 is 0 Å². The number of imidazole rings is 1. The van der Waals surface area contributed by atoms with Crippen molar-refractivity contribution in [1.29, 1.82) is 0 Å². The van der Waals surface area contributed by atoms with Crippen LogP contribution in [0.15, 0.2) is 17.6 Å². The zero-order valence-corrected chi connectivity index (χ0v) is 8.00. The Morgan fingerprint density at radius 2 is 2.45 bits per heavy atom. The highest BCUT2D eigenvalue weighted by molar-refractivity contribution is 7.98. The summed E-state index contributed by atoms with van der Waals surface area (Å²) in [6, 6.07) is 0. The molecule has 2 rings (SSSR count). The van der Waals surface area contributed by atoms with Crippen LogP contribution in [0.2, 0.25) is 0 Å². The van der Waals surface area contributed by atoms with Gasteiger partial charge in [0, 0.05) is 11.1 Å². The van der Waals surface area contributed by atoms with Crippen LogP contribution in [0, 0.1) is 6.92 Å². The Morgan fingerprint density at radius 1 is 1.64 bits per heavy atom. The minimum atomic E-state index is 1.13. The van der Waals surface area contributed by atoms with E-state index in [9.17, 15) is 0 Å². The number of nitrogens with zero attached hydrogens (tertiary/aromatic N) is 2. The van der Waals surface area contributed by atoms with E-state index in [2.05, 4.69) is 28.8 Å². The summed E-state index contributed by atoms with van der Waals surface area (Å²) >= 11 is 3.49. The molecule has 0 unspecified atom stereocenters. The van der Waals surface area contributed by atoms with Gasteiger partial charge in [0.1, 0.15) is 16.2 Å². The number of fused-ring (bicyclic) bond motifs is 1. The summed E-state index contributed by atoms with van der Waals surface area (Å²) in [5.74, 6) is 0. The third kappa shape index (κ3) is 1.06. The van der Waals surface area contributed by atoms with Crippen LogP contribution in [0.25, 0.3) is 4.83 Å². The van der Waals surface area contributed by atoms with Gasteiger partial charge in [-0.3, -0.25) is 4.40 Å². The third-order valence-corrected chi connectivity index (χ3v) is 3.33. The Hall–Kier alpha value is -0.480. The van der Waals surface area contributed by atoms with Gasteiger partial charge in [-0.25, -0.2) is 4.98 Å². The van der Waals surface area contributed by atoms with E-state index in [1.807, 2.05) is 6.33 Å². The van der Waals surface area contributed by atoms with Gasteiger partial charge in [0.2, 0.25) is 0 Å². The van der Waals surface area contributed by atoms with E-state index in [4.69, 9.17) is 0 Å². The largest absolute Gasteiger partial charge is 0.296 e. The van der Waals surface area contributed by atoms with Gasteiger partial charge in [-0.05, 0) is 13.2 Å². The number of thiazole rings is 1. The van der Waals surface area contributed by atoms with Crippen LogP contribution >= 0.6 is 23.1 Å². The first kappa shape index (κ1) is 7.18. The first-order chi connectivity index (χ1) is 5.31. The SMILES string of the molecule is CSc1ncn2cc(C)sc12. The summed E-state index contributed by atoms with van der Waals surface area (Å²) < 4.78 is 2.08. The molecule has 4 heteroatoms. The van der Waals surface area contributed by atoms with Crippen LogP contribution in [0.1, 0.15) is 4.88 Å². The molecule has 0 aliphatic carbocycles. The van der Waals surface area contributed by atoms with Gasteiger partial charge in [-0.2, -0.15) is 0 Å². The predicted molar refractivity (Wildman–Crippen MR) is 49.6 cm³/mol. The summed E-state index contributed by atoms with van der Waals surface area (Å²) in [5, 5.41) is 1.13. The van der Waals surface area contributed by atoms with E-state index < -0.39 is 0 Å². The van der Waals surface area contributed by atoms with Crippen molar-refractivity contribution < 1.29 is 0 Å². The number of thioether (sulfide) groups is 1. The predicted octanol–water partition coefficient (Wildman–Crippen LogP) is 2.43. The van der Waals surface area contributed by atoms with E-state index in [1.54, 1.807) is 23.1 Å². The number of aryl methyl sites for hydroxylation is 1. The van der Waals surface area contributed by atoms with Gasteiger partial charge in [0.05, 0.1) is 0 Å². The molecule has 0 bridgehead atoms. The van der Waals surface area contributed by atoms with Gasteiger partial charge >= 0.3 is 0 Å². The van der Waals surface area contributed by atoms with Crippen molar-refractivity contribution >= 4 is 27.9 Å². The highest BCUT2D eigenvalue weighted by atomic mass is 32.2. The second-order valence-electron chi connectivity index (χ2n) is 2.31. The quantitative estimate of drug-likeness (QED) is 0.633. The van der Waals surface area contributed by atoms with E-state index in [0.717, 1.165) is 5.03 Å². The van der Waals surface area contributed by atoms with Crippen molar-refractivity contribution in [2.45, 2.75) is 11.9 Å². The molecule has 0 fully saturated rings. The van der Waals surface area contributed by atoms with Crippen LogP contribution in [-0.4, -0.2) is 15.6 Å². The van der Waals surface area contributed by atoms with Crippen molar-refractivity contribution in [3.05, 3.63) is 17.4 Å². The van der Waals surface area contributed by atoms with Gasteiger partial charge in [0.25, 0.3) is 0 Å². The maximum Gasteiger partial charge on any atom is 0.133 e. The molecule has 0 saturated carbocycles. The molecule has 2 heterocycles. The molecule has 0 aliphatic heterocycles. The second kappa shape index (κ2) is 2.53. The maximum absolute atomic E-state index is 4.25. The second-order valence-corrected chi connectivity index (χ2v) is 4.34. The Bertz CT molecular complexity index is 375. The number of aromatic nitrogens is 2. The highest BCUT2D eigenvalue weighted by Gasteiger charge is 2.04. The Kier molecular flexibility index (Phi) is 1.65. The molecule has 0 amide bonds. The summed E-state index contributed by atoms with van der Waals surface area (Å²) in [7, 11) is 0. The lowest BCUT2D eigenvalue weighted by Gasteiger charge is -1.83. The Morgan fingerprint density at radius 3 is 3.18 bits per heavy atom. The summed E-state index contributed by atoms with van der Waals surface area (Å²) in [6.07, 6.45) is 6.02. The van der Waals surface area contributed by atoms with Crippen LogP contribution < -0.4 is 0 Å².